The maximum atomic E-state index is 12.7. The number of hydrogen-bond acceptors (Lipinski definition) is 6. The highest BCUT2D eigenvalue weighted by Gasteiger charge is 2.38. The molecule has 14 heteroatoms. The minimum Gasteiger partial charge on any atom is -0.475 e. The van der Waals surface area contributed by atoms with Crippen molar-refractivity contribution in [2.75, 3.05) is 26.2 Å². The van der Waals surface area contributed by atoms with Crippen molar-refractivity contribution in [1.82, 2.24) is 20.5 Å². The topological polar surface area (TPSA) is 112 Å². The summed E-state index contributed by atoms with van der Waals surface area (Å²) in [5.74, 6) is -2.96. The predicted molar refractivity (Wildman–Crippen MR) is 147 cm³/mol. The van der Waals surface area contributed by atoms with Crippen LogP contribution in [0.1, 0.15) is 32.9 Å². The second-order valence-corrected chi connectivity index (χ2v) is 10.6. The van der Waals surface area contributed by atoms with Crippen molar-refractivity contribution >= 4 is 52.3 Å². The number of halogens is 5. The molecule has 3 aromatic rings. The number of aliphatic carboxylic acids is 1. The van der Waals surface area contributed by atoms with E-state index in [2.05, 4.69) is 20.5 Å². The molecule has 214 valence electrons. The van der Waals surface area contributed by atoms with Gasteiger partial charge in [-0.2, -0.15) is 13.2 Å². The van der Waals surface area contributed by atoms with Crippen molar-refractivity contribution in [1.29, 1.82) is 0 Å². The summed E-state index contributed by atoms with van der Waals surface area (Å²) in [5, 5.41) is 14.0. The first-order valence-electron chi connectivity index (χ1n) is 12.0. The maximum Gasteiger partial charge on any atom is 0.490 e. The first-order valence-corrected chi connectivity index (χ1v) is 13.6. The van der Waals surface area contributed by atoms with Crippen LogP contribution in [-0.4, -0.2) is 71.2 Å². The van der Waals surface area contributed by atoms with Gasteiger partial charge in [-0.25, -0.2) is 4.79 Å². The highest BCUT2D eigenvalue weighted by Crippen LogP contribution is 2.26. The van der Waals surface area contributed by atoms with Gasteiger partial charge in [0.15, 0.2) is 0 Å². The zero-order chi connectivity index (χ0) is 29.3. The Hall–Kier alpha value is -3.19. The van der Waals surface area contributed by atoms with E-state index >= 15 is 0 Å². The quantitative estimate of drug-likeness (QED) is 0.329. The van der Waals surface area contributed by atoms with E-state index in [1.54, 1.807) is 24.4 Å². The van der Waals surface area contributed by atoms with Gasteiger partial charge in [0.25, 0.3) is 11.8 Å². The second-order valence-electron chi connectivity index (χ2n) is 8.66. The van der Waals surface area contributed by atoms with Gasteiger partial charge < -0.3 is 20.6 Å². The molecule has 0 saturated carbocycles. The average Bonchev–Trinajstić information content (AvgIpc) is 3.42. The molecule has 2 amide bonds. The molecule has 0 spiro atoms. The molecule has 1 aromatic carbocycles. The van der Waals surface area contributed by atoms with Crippen LogP contribution in [0.25, 0.3) is 10.6 Å². The number of thiophene rings is 1. The molecule has 0 atom stereocenters. The summed E-state index contributed by atoms with van der Waals surface area (Å²) in [4.78, 5) is 42.1. The van der Waals surface area contributed by atoms with Crippen molar-refractivity contribution in [3.05, 3.63) is 75.2 Å². The number of carboxylic acid groups (broad SMARTS) is 1. The minimum absolute atomic E-state index is 0.0329. The molecule has 0 unspecified atom stereocenters. The largest absolute Gasteiger partial charge is 0.490 e. The SMILES string of the molecule is O=C(NCCN1CCC(NC(=O)c2ccc(-c3ccccn3)s2)CC1)c1ccc(Cl)c(Cl)c1.O=C(O)C(F)(F)F. The molecule has 3 heterocycles. The van der Waals surface area contributed by atoms with E-state index in [0.29, 0.717) is 27.0 Å². The number of nitrogens with zero attached hydrogens (tertiary/aromatic N) is 2. The second kappa shape index (κ2) is 14.4. The fourth-order valence-electron chi connectivity index (χ4n) is 3.73. The lowest BCUT2D eigenvalue weighted by atomic mass is 10.0. The van der Waals surface area contributed by atoms with Crippen LogP contribution in [0.2, 0.25) is 10.0 Å². The Morgan fingerprint density at radius 3 is 2.33 bits per heavy atom. The number of rotatable bonds is 7. The number of benzene rings is 1. The molecule has 1 aliphatic rings. The van der Waals surface area contributed by atoms with E-state index in [1.807, 2.05) is 30.3 Å². The van der Waals surface area contributed by atoms with Crippen LogP contribution in [0.15, 0.2) is 54.7 Å². The van der Waals surface area contributed by atoms with Crippen molar-refractivity contribution in [2.45, 2.75) is 25.1 Å². The summed E-state index contributed by atoms with van der Waals surface area (Å²) in [6.45, 7) is 3.04. The Kier molecular flexibility index (Phi) is 11.3. The van der Waals surface area contributed by atoms with Gasteiger partial charge in [0, 0.05) is 44.0 Å². The van der Waals surface area contributed by atoms with Crippen LogP contribution in [0.3, 0.4) is 0 Å². The van der Waals surface area contributed by atoms with Crippen LogP contribution in [-0.2, 0) is 4.79 Å². The molecule has 40 heavy (non-hydrogen) atoms. The van der Waals surface area contributed by atoms with Gasteiger partial charge in [-0.1, -0.05) is 29.3 Å². The summed E-state index contributed by atoms with van der Waals surface area (Å²) in [5.41, 5.74) is 1.37. The Morgan fingerprint density at radius 2 is 1.73 bits per heavy atom. The van der Waals surface area contributed by atoms with Crippen LogP contribution in [0.5, 0.6) is 0 Å². The summed E-state index contributed by atoms with van der Waals surface area (Å²) < 4.78 is 31.7. The number of carbonyl (C=O) groups excluding carboxylic acids is 2. The molecule has 0 radical (unpaired) electrons. The smallest absolute Gasteiger partial charge is 0.475 e. The fourth-order valence-corrected chi connectivity index (χ4v) is 4.91. The van der Waals surface area contributed by atoms with E-state index in [0.717, 1.165) is 43.0 Å². The minimum atomic E-state index is -5.08. The monoisotopic (exact) mass is 616 g/mol. The molecule has 0 aliphatic carbocycles. The highest BCUT2D eigenvalue weighted by atomic mass is 35.5. The van der Waals surface area contributed by atoms with Crippen molar-refractivity contribution < 1.29 is 32.7 Å². The molecular weight excluding hydrogens is 592 g/mol. The molecule has 4 rings (SSSR count). The summed E-state index contributed by atoms with van der Waals surface area (Å²) in [7, 11) is 0. The molecule has 1 saturated heterocycles. The molecule has 8 nitrogen and oxygen atoms in total. The van der Waals surface area contributed by atoms with Crippen LogP contribution < -0.4 is 10.6 Å². The molecule has 0 bridgehead atoms. The lowest BCUT2D eigenvalue weighted by molar-refractivity contribution is -0.192. The van der Waals surface area contributed by atoms with E-state index in [9.17, 15) is 22.8 Å². The van der Waals surface area contributed by atoms with Gasteiger partial charge in [-0.3, -0.25) is 14.6 Å². The molecule has 1 fully saturated rings. The van der Waals surface area contributed by atoms with E-state index < -0.39 is 12.1 Å². The van der Waals surface area contributed by atoms with Gasteiger partial charge in [0.2, 0.25) is 0 Å². The van der Waals surface area contributed by atoms with Gasteiger partial charge in [-0.15, -0.1) is 11.3 Å². The number of carboxylic acids is 1. The Bertz CT molecular complexity index is 1320. The molecular formula is C26H25Cl2F3N4O4S. The number of aromatic nitrogens is 1. The van der Waals surface area contributed by atoms with Crippen molar-refractivity contribution in [2.24, 2.45) is 0 Å². The number of likely N-dealkylation sites (tertiary alicyclic amines) is 1. The van der Waals surface area contributed by atoms with Crippen LogP contribution in [0, 0.1) is 0 Å². The third-order valence-corrected chi connectivity index (χ3v) is 7.65. The van der Waals surface area contributed by atoms with E-state index in [1.165, 1.54) is 11.3 Å². The lowest BCUT2D eigenvalue weighted by Gasteiger charge is -2.32. The van der Waals surface area contributed by atoms with Gasteiger partial charge >= 0.3 is 12.1 Å². The summed E-state index contributed by atoms with van der Waals surface area (Å²) in [6.07, 6.45) is -1.57. The number of nitrogens with one attached hydrogen (secondary N) is 2. The number of pyridine rings is 1. The Labute approximate surface area is 242 Å². The van der Waals surface area contributed by atoms with Crippen molar-refractivity contribution in [3.8, 4) is 10.6 Å². The number of piperidine rings is 1. The van der Waals surface area contributed by atoms with Gasteiger partial charge in [0.1, 0.15) is 0 Å². The van der Waals surface area contributed by atoms with E-state index in [-0.39, 0.29) is 17.9 Å². The molecule has 2 aromatic heterocycles. The standard InChI is InChI=1S/C24H24Cl2N4O2S.C2HF3O2/c25-18-5-4-16(15-19(18)26)23(31)28-11-14-30-12-8-17(9-13-30)29-24(32)22-7-6-21(33-22)20-3-1-2-10-27-20;3-2(4,5)1(6)7/h1-7,10,15,17H,8-9,11-14H2,(H,28,31)(H,29,32);(H,6,7). The number of amides is 2. The van der Waals surface area contributed by atoms with Gasteiger partial charge in [-0.05, 0) is 55.3 Å². The van der Waals surface area contributed by atoms with Gasteiger partial charge in [0.05, 0.1) is 25.5 Å². The summed E-state index contributed by atoms with van der Waals surface area (Å²) >= 11 is 13.3. The maximum absolute atomic E-state index is 12.7. The molecule has 1 aliphatic heterocycles. The van der Waals surface area contributed by atoms with Crippen LogP contribution >= 0.6 is 34.5 Å². The Balaban J connectivity index is 0.000000559. The third kappa shape index (κ3) is 9.47. The highest BCUT2D eigenvalue weighted by molar-refractivity contribution is 7.17. The Morgan fingerprint density at radius 1 is 1.02 bits per heavy atom. The normalized spacial score (nSPS) is 14.1. The average molecular weight is 617 g/mol. The zero-order valence-corrected chi connectivity index (χ0v) is 23.2. The van der Waals surface area contributed by atoms with Crippen molar-refractivity contribution in [3.63, 3.8) is 0 Å². The van der Waals surface area contributed by atoms with E-state index in [4.69, 9.17) is 33.1 Å². The third-order valence-electron chi connectivity index (χ3n) is 5.81. The fraction of sp³-hybridized carbons (Fsp3) is 0.308. The number of alkyl halides is 3. The van der Waals surface area contributed by atoms with Crippen LogP contribution in [0.4, 0.5) is 13.2 Å². The first kappa shape index (κ1) is 31.3. The number of carbonyl (C=O) groups is 3. The molecule has 3 N–H and O–H groups in total. The predicted octanol–water partition coefficient (Wildman–Crippen LogP) is 5.37. The number of hydrogen-bond donors (Lipinski definition) is 3. The zero-order valence-electron chi connectivity index (χ0n) is 20.9. The summed E-state index contributed by atoms with van der Waals surface area (Å²) in [6, 6.07) is 14.6. The lowest BCUT2D eigenvalue weighted by Crippen LogP contribution is -2.46. The first-order chi connectivity index (χ1) is 18.9.